The molecule has 2 fully saturated rings. The minimum atomic E-state index is -0.692. The van der Waals surface area contributed by atoms with Crippen LogP contribution in [0, 0.1) is 12.7 Å². The highest BCUT2D eigenvalue weighted by Crippen LogP contribution is 2.34. The maximum atomic E-state index is 14.9. The number of nitrogens with one attached hydrogen (secondary N) is 3. The van der Waals surface area contributed by atoms with Crippen molar-refractivity contribution in [3.05, 3.63) is 102 Å². The van der Waals surface area contributed by atoms with Crippen molar-refractivity contribution in [2.45, 2.75) is 77.5 Å². The molecule has 11 nitrogen and oxygen atoms in total. The number of hydrogen-bond donors (Lipinski definition) is 3. The van der Waals surface area contributed by atoms with Crippen LogP contribution < -0.4 is 16.0 Å². The van der Waals surface area contributed by atoms with Crippen LogP contribution in [0.1, 0.15) is 69.1 Å². The summed E-state index contributed by atoms with van der Waals surface area (Å²) < 4.78 is 22.0. The van der Waals surface area contributed by atoms with Gasteiger partial charge in [0, 0.05) is 36.0 Å². The maximum absolute atomic E-state index is 14.9. The van der Waals surface area contributed by atoms with Gasteiger partial charge < -0.3 is 10.1 Å². The smallest absolute Gasteiger partial charge is 0.412 e. The maximum Gasteiger partial charge on any atom is 0.412 e. The van der Waals surface area contributed by atoms with E-state index in [4.69, 9.17) is 4.74 Å². The molecule has 4 heterocycles. The number of amides is 3. The first-order chi connectivity index (χ1) is 25.4. The van der Waals surface area contributed by atoms with E-state index in [2.05, 4.69) is 67.3 Å². The molecular weight excluding hydrogens is 673 g/mol. The van der Waals surface area contributed by atoms with Crippen molar-refractivity contribution in [1.82, 2.24) is 24.8 Å². The Hall–Kier alpha value is -5.62. The molecule has 3 aromatic carbocycles. The van der Waals surface area contributed by atoms with E-state index in [9.17, 15) is 18.8 Å². The summed E-state index contributed by atoms with van der Waals surface area (Å²) in [5.74, 6) is -0.496. The number of carbonyl (C=O) groups is 3. The van der Waals surface area contributed by atoms with Crippen molar-refractivity contribution in [1.29, 1.82) is 0 Å². The number of fused-ring (bicyclic) bond motifs is 1. The number of anilines is 2. The zero-order chi connectivity index (χ0) is 37.3. The number of aromatic nitrogens is 3. The van der Waals surface area contributed by atoms with Crippen molar-refractivity contribution >= 4 is 34.8 Å². The number of ether oxygens (including phenoxy) is 1. The third kappa shape index (κ3) is 8.38. The molecule has 2 aromatic heterocycles. The third-order valence-corrected chi connectivity index (χ3v) is 9.91. The van der Waals surface area contributed by atoms with E-state index in [1.165, 1.54) is 29.6 Å². The Morgan fingerprint density at radius 2 is 1.72 bits per heavy atom. The molecule has 7 rings (SSSR count). The van der Waals surface area contributed by atoms with E-state index in [1.54, 1.807) is 25.3 Å². The van der Waals surface area contributed by atoms with Gasteiger partial charge in [-0.05, 0) is 119 Å². The molecule has 0 aliphatic carbocycles. The highest BCUT2D eigenvalue weighted by Gasteiger charge is 2.27. The van der Waals surface area contributed by atoms with Gasteiger partial charge in [-0.15, -0.1) is 0 Å². The molecule has 2 saturated heterocycles. The van der Waals surface area contributed by atoms with Gasteiger partial charge in [0.25, 0.3) is 0 Å². The normalized spacial score (nSPS) is 17.1. The Bertz CT molecular complexity index is 2150. The molecule has 12 heteroatoms. The summed E-state index contributed by atoms with van der Waals surface area (Å²) in [6, 6.07) is 21.2. The molecule has 5 aromatic rings. The minimum absolute atomic E-state index is 0.213. The first kappa shape index (κ1) is 35.8. The predicted molar refractivity (Wildman–Crippen MR) is 202 cm³/mol. The molecule has 0 spiro atoms. The van der Waals surface area contributed by atoms with Crippen LogP contribution in [-0.2, 0) is 20.9 Å². The van der Waals surface area contributed by atoms with Crippen LogP contribution in [0.3, 0.4) is 0 Å². The fraction of sp³-hybridized carbons (Fsp3) is 0.341. The van der Waals surface area contributed by atoms with Gasteiger partial charge >= 0.3 is 6.09 Å². The second kappa shape index (κ2) is 14.8. The van der Waals surface area contributed by atoms with Gasteiger partial charge in [0.2, 0.25) is 11.8 Å². The highest BCUT2D eigenvalue weighted by atomic mass is 19.1. The molecule has 0 saturated carbocycles. The van der Waals surface area contributed by atoms with Gasteiger partial charge in [0.1, 0.15) is 23.8 Å². The molecular formula is C41H44FN7O4. The van der Waals surface area contributed by atoms with Gasteiger partial charge in [-0.3, -0.25) is 25.1 Å². The first-order valence-electron chi connectivity index (χ1n) is 18.0. The number of halogens is 1. The molecule has 2 aliphatic heterocycles. The Kier molecular flexibility index (Phi) is 9.98. The third-order valence-electron chi connectivity index (χ3n) is 9.91. The highest BCUT2D eigenvalue weighted by molar-refractivity contribution is 6.01. The van der Waals surface area contributed by atoms with E-state index in [1.807, 2.05) is 31.3 Å². The standard InChI is InChI=1S/C41H44FN7O4/c1-25-33(20-31(42)21-35(25)46-40(52)53-41(2,3)4)38-36-19-30(23-49(36)44-24-43-38)28-7-5-26(6-8-28)22-48-17-15-29(16-18-48)27-9-11-32(12-10-27)45-34-13-14-37(50)47-39(34)51/h5-12,19-21,23-24,29,34,45H,13-18,22H2,1-4H3,(H,46,52)(H,47,50,51). The minimum Gasteiger partial charge on any atom is -0.444 e. The number of imide groups is 1. The van der Waals surface area contributed by atoms with Gasteiger partial charge in [-0.2, -0.15) is 5.10 Å². The molecule has 1 atom stereocenters. The molecule has 0 bridgehead atoms. The fourth-order valence-electron chi connectivity index (χ4n) is 7.13. The van der Waals surface area contributed by atoms with Crippen molar-refractivity contribution in [3.8, 4) is 22.4 Å². The van der Waals surface area contributed by atoms with Crippen molar-refractivity contribution in [2.75, 3.05) is 23.7 Å². The average molecular weight is 718 g/mol. The predicted octanol–water partition coefficient (Wildman–Crippen LogP) is 7.45. The Labute approximate surface area is 307 Å². The number of rotatable bonds is 8. The molecule has 3 amide bonds. The van der Waals surface area contributed by atoms with E-state index in [0.29, 0.717) is 46.8 Å². The summed E-state index contributed by atoms with van der Waals surface area (Å²) >= 11 is 0. The van der Waals surface area contributed by atoms with Gasteiger partial charge in [0.05, 0.1) is 16.9 Å². The van der Waals surface area contributed by atoms with Crippen LogP contribution in [0.4, 0.5) is 20.6 Å². The van der Waals surface area contributed by atoms with Crippen LogP contribution in [0.15, 0.2) is 79.3 Å². The van der Waals surface area contributed by atoms with Crippen LogP contribution >= 0.6 is 0 Å². The lowest BCUT2D eigenvalue weighted by molar-refractivity contribution is -0.133. The summed E-state index contributed by atoms with van der Waals surface area (Å²) in [5, 5.41) is 12.8. The second-order valence-electron chi connectivity index (χ2n) is 14.9. The lowest BCUT2D eigenvalue weighted by atomic mass is 9.89. The Morgan fingerprint density at radius 3 is 2.42 bits per heavy atom. The number of benzene rings is 3. The molecule has 53 heavy (non-hydrogen) atoms. The monoisotopic (exact) mass is 717 g/mol. The Balaban J connectivity index is 0.977. The van der Waals surface area contributed by atoms with Gasteiger partial charge in [-0.25, -0.2) is 18.7 Å². The number of piperidine rings is 2. The molecule has 0 radical (unpaired) electrons. The van der Waals surface area contributed by atoms with Gasteiger partial charge in [0.15, 0.2) is 0 Å². The van der Waals surface area contributed by atoms with E-state index in [-0.39, 0.29) is 17.9 Å². The number of hydrogen-bond acceptors (Lipinski definition) is 8. The van der Waals surface area contributed by atoms with E-state index >= 15 is 0 Å². The zero-order valence-corrected chi connectivity index (χ0v) is 30.4. The largest absolute Gasteiger partial charge is 0.444 e. The van der Waals surface area contributed by atoms with Crippen LogP contribution in [0.25, 0.3) is 27.9 Å². The van der Waals surface area contributed by atoms with Crippen LogP contribution in [0.5, 0.6) is 0 Å². The van der Waals surface area contributed by atoms with Gasteiger partial charge in [-0.1, -0.05) is 36.4 Å². The molecule has 3 N–H and O–H groups in total. The number of likely N-dealkylation sites (tertiary alicyclic amines) is 1. The summed E-state index contributed by atoms with van der Waals surface area (Å²) in [5.41, 5.74) is 7.51. The quantitative estimate of drug-likeness (QED) is 0.141. The Morgan fingerprint density at radius 1 is 0.981 bits per heavy atom. The zero-order valence-electron chi connectivity index (χ0n) is 30.4. The van der Waals surface area contributed by atoms with Crippen LogP contribution in [-0.4, -0.2) is 62.1 Å². The topological polar surface area (TPSA) is 130 Å². The first-order valence-corrected chi connectivity index (χ1v) is 18.0. The molecule has 274 valence electrons. The summed E-state index contributed by atoms with van der Waals surface area (Å²) in [6.45, 7) is 10.0. The SMILES string of the molecule is Cc1c(NC(=O)OC(C)(C)C)cc(F)cc1-c1ncnn2cc(-c3ccc(CN4CCC(c5ccc(NC6CCC(=O)NC6=O)cc5)CC4)cc3)cc12. The van der Waals surface area contributed by atoms with Crippen LogP contribution in [0.2, 0.25) is 0 Å². The second-order valence-corrected chi connectivity index (χ2v) is 14.9. The van der Waals surface area contributed by atoms with Crippen molar-refractivity contribution in [3.63, 3.8) is 0 Å². The number of carbonyl (C=O) groups excluding carboxylic acids is 3. The van der Waals surface area contributed by atoms with E-state index in [0.717, 1.165) is 49.3 Å². The summed E-state index contributed by atoms with van der Waals surface area (Å²) in [6.07, 6.45) is 5.72. The summed E-state index contributed by atoms with van der Waals surface area (Å²) in [7, 11) is 0. The summed E-state index contributed by atoms with van der Waals surface area (Å²) in [4.78, 5) is 43.0. The fourth-order valence-corrected chi connectivity index (χ4v) is 7.13. The van der Waals surface area contributed by atoms with E-state index < -0.39 is 17.5 Å². The lowest BCUT2D eigenvalue weighted by Gasteiger charge is -2.32. The number of nitrogens with zero attached hydrogens (tertiary/aromatic N) is 4. The van der Waals surface area contributed by atoms with Crippen molar-refractivity contribution < 1.29 is 23.5 Å². The average Bonchev–Trinajstić information content (AvgIpc) is 3.56. The molecule has 2 aliphatic rings. The van der Waals surface area contributed by atoms with Crippen molar-refractivity contribution in [2.24, 2.45) is 0 Å². The molecule has 1 unspecified atom stereocenters. The lowest BCUT2D eigenvalue weighted by Crippen LogP contribution is -2.47.